The van der Waals surface area contributed by atoms with Gasteiger partial charge in [-0.2, -0.15) is 5.10 Å². The number of nitrogens with zero attached hydrogens (tertiary/aromatic N) is 4. The van der Waals surface area contributed by atoms with Crippen molar-refractivity contribution in [3.05, 3.63) is 53.7 Å². The first kappa shape index (κ1) is 23.6. The molecule has 1 atom stereocenters. The fraction of sp³-hybridized carbons (Fsp3) is 0.240. The lowest BCUT2D eigenvalue weighted by molar-refractivity contribution is -0.133. The third-order valence-corrected chi connectivity index (χ3v) is 6.59. The maximum absolute atomic E-state index is 12.7. The summed E-state index contributed by atoms with van der Waals surface area (Å²) < 4.78 is 0. The van der Waals surface area contributed by atoms with Gasteiger partial charge in [0.1, 0.15) is 0 Å². The molecule has 10 nitrogen and oxygen atoms in total. The summed E-state index contributed by atoms with van der Waals surface area (Å²) in [4.78, 5) is 35.6. The Morgan fingerprint density at radius 2 is 1.97 bits per heavy atom. The van der Waals surface area contributed by atoms with Crippen molar-refractivity contribution < 1.29 is 9.59 Å². The molecular formula is C25H25ClN8O2. The highest BCUT2D eigenvalue weighted by atomic mass is 35.5. The molecule has 0 spiro atoms. The maximum Gasteiger partial charge on any atom is 0.320 e. The highest BCUT2D eigenvalue weighted by Gasteiger charge is 2.24. The monoisotopic (exact) mass is 504 g/mol. The Kier molecular flexibility index (Phi) is 6.43. The first-order chi connectivity index (χ1) is 17.4. The standard InChI is InChI=1S/C25H25ClN8O2/c1-34-8-7-14(9-19(34)35)12-28-25(36)32-24-23(27)30-21(15-5-3-2-4-6-15)22(31-24)16-10-17-13-29-33-20(17)18(26)11-16/h2-6,10-11,13-14H,7-9,12H2,1H3,(H2,27,30)(H,29,33)(H2,28,31,32,36). The number of urea groups is 1. The van der Waals surface area contributed by atoms with Crippen molar-refractivity contribution in [2.24, 2.45) is 5.92 Å². The van der Waals surface area contributed by atoms with E-state index in [0.29, 0.717) is 41.5 Å². The predicted molar refractivity (Wildman–Crippen MR) is 139 cm³/mol. The minimum Gasteiger partial charge on any atom is -0.381 e. The van der Waals surface area contributed by atoms with Crippen LogP contribution in [-0.4, -0.2) is 57.1 Å². The number of aromatic amines is 1. The van der Waals surface area contributed by atoms with Gasteiger partial charge in [0.15, 0.2) is 11.6 Å². The van der Waals surface area contributed by atoms with Gasteiger partial charge in [-0.1, -0.05) is 41.9 Å². The molecule has 1 aliphatic heterocycles. The number of H-pyrrole nitrogens is 1. The van der Waals surface area contributed by atoms with Crippen LogP contribution < -0.4 is 16.4 Å². The zero-order valence-corrected chi connectivity index (χ0v) is 20.3. The summed E-state index contributed by atoms with van der Waals surface area (Å²) in [5.74, 6) is 0.378. The average Bonchev–Trinajstić information content (AvgIpc) is 3.36. The third-order valence-electron chi connectivity index (χ3n) is 6.29. The van der Waals surface area contributed by atoms with Crippen LogP contribution in [0.3, 0.4) is 0 Å². The molecule has 36 heavy (non-hydrogen) atoms. The first-order valence-electron chi connectivity index (χ1n) is 11.5. The van der Waals surface area contributed by atoms with Gasteiger partial charge in [0.2, 0.25) is 5.91 Å². The van der Waals surface area contributed by atoms with Crippen molar-refractivity contribution in [2.45, 2.75) is 12.8 Å². The lowest BCUT2D eigenvalue weighted by atomic mass is 9.97. The molecule has 0 radical (unpaired) electrons. The number of aromatic nitrogens is 4. The molecule has 3 amide bonds. The fourth-order valence-electron chi connectivity index (χ4n) is 4.26. The third kappa shape index (κ3) is 4.80. The molecule has 0 aliphatic carbocycles. The van der Waals surface area contributed by atoms with Gasteiger partial charge in [0.05, 0.1) is 28.1 Å². The number of benzene rings is 2. The van der Waals surface area contributed by atoms with E-state index in [4.69, 9.17) is 22.3 Å². The molecule has 184 valence electrons. The van der Waals surface area contributed by atoms with E-state index in [1.807, 2.05) is 36.4 Å². The molecule has 2 aromatic heterocycles. The molecule has 4 aromatic rings. The molecule has 1 aliphatic rings. The molecular weight excluding hydrogens is 480 g/mol. The number of halogens is 1. The minimum absolute atomic E-state index is 0.0812. The zero-order valence-electron chi connectivity index (χ0n) is 19.6. The molecule has 0 bridgehead atoms. The smallest absolute Gasteiger partial charge is 0.320 e. The van der Waals surface area contributed by atoms with Crippen LogP contribution in [0, 0.1) is 5.92 Å². The maximum atomic E-state index is 12.7. The lowest BCUT2D eigenvalue weighted by Gasteiger charge is -2.28. The molecule has 1 unspecified atom stereocenters. The average molecular weight is 505 g/mol. The van der Waals surface area contributed by atoms with Crippen LogP contribution in [0.2, 0.25) is 5.02 Å². The van der Waals surface area contributed by atoms with E-state index in [0.717, 1.165) is 22.9 Å². The molecule has 1 fully saturated rings. The number of carbonyl (C=O) groups excluding carboxylic acids is 2. The van der Waals surface area contributed by atoms with Crippen LogP contribution in [0.4, 0.5) is 16.4 Å². The minimum atomic E-state index is -0.468. The fourth-order valence-corrected chi connectivity index (χ4v) is 4.53. The van der Waals surface area contributed by atoms with E-state index >= 15 is 0 Å². The van der Waals surface area contributed by atoms with E-state index in [1.165, 1.54) is 0 Å². The van der Waals surface area contributed by atoms with E-state index in [9.17, 15) is 9.59 Å². The van der Waals surface area contributed by atoms with E-state index in [1.54, 1.807) is 24.2 Å². The molecule has 0 saturated carbocycles. The number of carbonyl (C=O) groups is 2. The quantitative estimate of drug-likeness (QED) is 0.324. The van der Waals surface area contributed by atoms with Crippen molar-refractivity contribution in [2.75, 3.05) is 31.2 Å². The second kappa shape index (κ2) is 9.82. The second-order valence-electron chi connectivity index (χ2n) is 8.82. The van der Waals surface area contributed by atoms with Crippen LogP contribution in [0.25, 0.3) is 33.4 Å². The normalized spacial score (nSPS) is 15.8. The molecule has 5 N–H and O–H groups in total. The number of nitrogens with two attached hydrogens (primary N) is 1. The van der Waals surface area contributed by atoms with Crippen molar-refractivity contribution in [3.8, 4) is 22.5 Å². The summed E-state index contributed by atoms with van der Waals surface area (Å²) in [5.41, 5.74) is 9.53. The number of hydrogen-bond acceptors (Lipinski definition) is 6. The summed E-state index contributed by atoms with van der Waals surface area (Å²) in [7, 11) is 1.79. The Morgan fingerprint density at radius 1 is 1.19 bits per heavy atom. The van der Waals surface area contributed by atoms with Crippen molar-refractivity contribution in [1.82, 2.24) is 30.4 Å². The number of fused-ring (bicyclic) bond motifs is 1. The number of likely N-dealkylation sites (tertiary alicyclic amines) is 1. The molecule has 5 rings (SSSR count). The van der Waals surface area contributed by atoms with Gasteiger partial charge in [-0.15, -0.1) is 0 Å². The largest absolute Gasteiger partial charge is 0.381 e. The van der Waals surface area contributed by atoms with Crippen LogP contribution in [0.15, 0.2) is 48.7 Å². The molecule has 1 saturated heterocycles. The number of hydrogen-bond donors (Lipinski definition) is 4. The Labute approximate surface area is 212 Å². The van der Waals surface area contributed by atoms with Crippen LogP contribution in [0.5, 0.6) is 0 Å². The van der Waals surface area contributed by atoms with Crippen molar-refractivity contribution >= 4 is 46.1 Å². The van der Waals surface area contributed by atoms with E-state index < -0.39 is 6.03 Å². The summed E-state index contributed by atoms with van der Waals surface area (Å²) in [6.45, 7) is 1.06. The van der Waals surface area contributed by atoms with Gasteiger partial charge in [-0.3, -0.25) is 15.2 Å². The zero-order chi connectivity index (χ0) is 25.2. The summed E-state index contributed by atoms with van der Waals surface area (Å²) in [6.07, 6.45) is 2.92. The van der Waals surface area contributed by atoms with Gasteiger partial charge in [-0.05, 0) is 24.5 Å². The van der Waals surface area contributed by atoms with Gasteiger partial charge < -0.3 is 16.0 Å². The van der Waals surface area contributed by atoms with Crippen LogP contribution >= 0.6 is 11.6 Å². The van der Waals surface area contributed by atoms with Crippen molar-refractivity contribution in [3.63, 3.8) is 0 Å². The number of amides is 3. The molecule has 3 heterocycles. The Bertz CT molecular complexity index is 1440. The number of anilines is 2. The van der Waals surface area contributed by atoms with Gasteiger partial charge in [-0.25, -0.2) is 14.8 Å². The topological polar surface area (TPSA) is 142 Å². The Hall–Kier alpha value is -4.18. The first-order valence-corrected chi connectivity index (χ1v) is 11.9. The number of nitrogens with one attached hydrogen (secondary N) is 3. The van der Waals surface area contributed by atoms with Gasteiger partial charge in [0.25, 0.3) is 0 Å². The SMILES string of the molecule is CN1CCC(CNC(=O)Nc2nc(-c3cc(Cl)c4[nH]ncc4c3)c(-c3ccccc3)nc2N)CC1=O. The number of rotatable bonds is 5. The van der Waals surface area contributed by atoms with Crippen LogP contribution in [0.1, 0.15) is 12.8 Å². The highest BCUT2D eigenvalue weighted by molar-refractivity contribution is 6.35. The Morgan fingerprint density at radius 3 is 2.75 bits per heavy atom. The van der Waals surface area contributed by atoms with E-state index in [2.05, 4.69) is 25.8 Å². The van der Waals surface area contributed by atoms with Crippen LogP contribution in [-0.2, 0) is 4.79 Å². The lowest BCUT2D eigenvalue weighted by Crippen LogP contribution is -2.41. The highest BCUT2D eigenvalue weighted by Crippen LogP contribution is 2.35. The number of piperidine rings is 1. The van der Waals surface area contributed by atoms with Gasteiger partial charge >= 0.3 is 6.03 Å². The Balaban J connectivity index is 1.44. The number of nitrogen functional groups attached to an aromatic ring is 1. The molecule has 2 aromatic carbocycles. The van der Waals surface area contributed by atoms with Gasteiger partial charge in [0, 0.05) is 43.1 Å². The summed E-state index contributed by atoms with van der Waals surface area (Å²) in [5, 5.41) is 13.8. The van der Waals surface area contributed by atoms with Crippen molar-refractivity contribution in [1.29, 1.82) is 0 Å². The summed E-state index contributed by atoms with van der Waals surface area (Å²) in [6, 6.07) is 12.7. The summed E-state index contributed by atoms with van der Waals surface area (Å²) >= 11 is 6.49. The van der Waals surface area contributed by atoms with E-state index in [-0.39, 0.29) is 23.5 Å². The second-order valence-corrected chi connectivity index (χ2v) is 9.23. The predicted octanol–water partition coefficient (Wildman–Crippen LogP) is 3.91. The molecule has 11 heteroatoms.